The second kappa shape index (κ2) is 10.9. The van der Waals surface area contributed by atoms with E-state index in [0.29, 0.717) is 0 Å². The summed E-state index contributed by atoms with van der Waals surface area (Å²) >= 11 is 0. The number of rotatable bonds is 4. The number of para-hydroxylation sites is 2. The third-order valence-electron chi connectivity index (χ3n) is 11.0. The predicted molar refractivity (Wildman–Crippen MR) is 214 cm³/mol. The first kappa shape index (κ1) is 28.2. The van der Waals surface area contributed by atoms with Crippen LogP contribution in [0, 0.1) is 0 Å². The highest BCUT2D eigenvalue weighted by Crippen LogP contribution is 2.41. The van der Waals surface area contributed by atoms with E-state index in [9.17, 15) is 0 Å². The summed E-state index contributed by atoms with van der Waals surface area (Å²) in [4.78, 5) is 0. The van der Waals surface area contributed by atoms with Crippen molar-refractivity contribution >= 4 is 43.6 Å². The van der Waals surface area contributed by atoms with Crippen molar-refractivity contribution in [2.45, 2.75) is 6.42 Å². The zero-order valence-electron chi connectivity index (χ0n) is 27.9. The van der Waals surface area contributed by atoms with Crippen molar-refractivity contribution < 1.29 is 0 Å². The van der Waals surface area contributed by atoms with E-state index in [1.54, 1.807) is 0 Å². The van der Waals surface area contributed by atoms with Crippen LogP contribution in [0.5, 0.6) is 0 Å². The first-order chi connectivity index (χ1) is 25.3. The van der Waals surface area contributed by atoms with Gasteiger partial charge in [-0.2, -0.15) is 0 Å². The van der Waals surface area contributed by atoms with E-state index in [4.69, 9.17) is 0 Å². The van der Waals surface area contributed by atoms with Crippen LogP contribution in [0.15, 0.2) is 182 Å². The molecule has 2 nitrogen and oxygen atoms in total. The van der Waals surface area contributed by atoms with E-state index >= 15 is 0 Å². The number of benzene rings is 8. The van der Waals surface area contributed by atoms with Crippen molar-refractivity contribution in [2.75, 3.05) is 0 Å². The van der Waals surface area contributed by atoms with E-state index in [1.807, 2.05) is 0 Å². The lowest BCUT2D eigenvalue weighted by Gasteiger charge is -2.11. The zero-order valence-corrected chi connectivity index (χ0v) is 27.9. The maximum absolute atomic E-state index is 2.44. The van der Waals surface area contributed by atoms with Crippen LogP contribution in [0.2, 0.25) is 0 Å². The molecule has 8 aromatic carbocycles. The van der Waals surface area contributed by atoms with Crippen molar-refractivity contribution in [3.63, 3.8) is 0 Å². The van der Waals surface area contributed by atoms with E-state index in [1.165, 1.54) is 93.8 Å². The third kappa shape index (κ3) is 4.30. The van der Waals surface area contributed by atoms with Gasteiger partial charge in [-0.1, -0.05) is 121 Å². The Labute approximate surface area is 296 Å². The molecule has 0 fully saturated rings. The summed E-state index contributed by atoms with van der Waals surface area (Å²) < 4.78 is 4.84. The van der Waals surface area contributed by atoms with Crippen molar-refractivity contribution in [1.82, 2.24) is 9.13 Å². The van der Waals surface area contributed by atoms with Crippen molar-refractivity contribution in [3.05, 3.63) is 193 Å². The summed E-state index contributed by atoms with van der Waals surface area (Å²) in [6.45, 7) is 0. The van der Waals surface area contributed by atoms with Crippen LogP contribution < -0.4 is 0 Å². The maximum Gasteiger partial charge on any atom is 0.0541 e. The largest absolute Gasteiger partial charge is 0.309 e. The Morgan fingerprint density at radius 3 is 1.47 bits per heavy atom. The highest BCUT2D eigenvalue weighted by Gasteiger charge is 2.20. The Balaban J connectivity index is 1.04. The van der Waals surface area contributed by atoms with Gasteiger partial charge in [0.15, 0.2) is 0 Å². The van der Waals surface area contributed by atoms with Crippen LogP contribution >= 0.6 is 0 Å². The van der Waals surface area contributed by atoms with E-state index in [0.717, 1.165) is 12.1 Å². The number of fused-ring (bicyclic) bond motifs is 9. The monoisotopic (exact) mass is 648 g/mol. The summed E-state index contributed by atoms with van der Waals surface area (Å²) in [6.07, 6.45) is 1.01. The third-order valence-corrected chi connectivity index (χ3v) is 11.0. The molecule has 0 saturated heterocycles. The SMILES string of the molecule is c1ccc(-c2ccc(-n3c4ccccc4c4cc(-c5ccc6c(c5)c5ccccc5n6-c5ccc6c(c5)-c5ccccc5C6)ccc43)cc2)cc1. The van der Waals surface area contributed by atoms with E-state index in [-0.39, 0.29) is 0 Å². The van der Waals surface area contributed by atoms with E-state index in [2.05, 4.69) is 191 Å². The molecular formula is C49H32N2. The minimum absolute atomic E-state index is 1.01. The second-order valence-electron chi connectivity index (χ2n) is 13.8. The van der Waals surface area contributed by atoms with Gasteiger partial charge < -0.3 is 9.13 Å². The molecule has 2 aromatic heterocycles. The minimum atomic E-state index is 1.01. The Bertz CT molecular complexity index is 2980. The quantitative estimate of drug-likeness (QED) is 0.180. The molecule has 11 rings (SSSR count). The highest BCUT2D eigenvalue weighted by molar-refractivity contribution is 6.12. The molecule has 2 heteroatoms. The first-order valence-electron chi connectivity index (χ1n) is 17.7. The summed E-state index contributed by atoms with van der Waals surface area (Å²) in [5.74, 6) is 0. The van der Waals surface area contributed by atoms with Crippen molar-refractivity contribution in [3.8, 4) is 44.8 Å². The van der Waals surface area contributed by atoms with Crippen molar-refractivity contribution in [1.29, 1.82) is 0 Å². The summed E-state index contributed by atoms with van der Waals surface area (Å²) in [6, 6.07) is 66.9. The van der Waals surface area contributed by atoms with Gasteiger partial charge in [0.05, 0.1) is 22.1 Å². The van der Waals surface area contributed by atoms with E-state index < -0.39 is 0 Å². The average Bonchev–Trinajstić information content (AvgIpc) is 3.85. The standard InChI is InChI=1S/C49H32N2/c1-2-10-32(11-3-1)33-18-23-38(24-19-33)50-46-16-8-6-14-41(46)44-29-34(21-26-48(44)50)35-22-27-49-45(30-35)42-15-7-9-17-47(42)51(49)39-25-20-37-28-36-12-4-5-13-40(36)43(37)31-39/h1-27,29-31H,28H2. The predicted octanol–water partition coefficient (Wildman–Crippen LogP) is 12.8. The van der Waals surface area contributed by atoms with Gasteiger partial charge >= 0.3 is 0 Å². The van der Waals surface area contributed by atoms with Crippen LogP contribution in [-0.4, -0.2) is 9.13 Å². The molecule has 0 N–H and O–H groups in total. The Morgan fingerprint density at radius 1 is 0.294 bits per heavy atom. The van der Waals surface area contributed by atoms with Crippen LogP contribution in [-0.2, 0) is 6.42 Å². The van der Waals surface area contributed by atoms with Gasteiger partial charge in [0.25, 0.3) is 0 Å². The number of hydrogen-bond donors (Lipinski definition) is 0. The Hall–Kier alpha value is -6.64. The van der Waals surface area contributed by atoms with Crippen molar-refractivity contribution in [2.24, 2.45) is 0 Å². The second-order valence-corrected chi connectivity index (χ2v) is 13.8. The molecule has 1 aliphatic carbocycles. The van der Waals surface area contributed by atoms with Gasteiger partial charge in [0.2, 0.25) is 0 Å². The van der Waals surface area contributed by atoms with Gasteiger partial charge in [-0.15, -0.1) is 0 Å². The molecular weight excluding hydrogens is 617 g/mol. The lowest BCUT2D eigenvalue weighted by Crippen LogP contribution is -1.95. The Morgan fingerprint density at radius 2 is 0.784 bits per heavy atom. The molecule has 0 saturated carbocycles. The van der Waals surface area contributed by atoms with Crippen LogP contribution in [0.1, 0.15) is 11.1 Å². The summed E-state index contributed by atoms with van der Waals surface area (Å²) in [7, 11) is 0. The molecule has 0 atom stereocenters. The molecule has 0 bridgehead atoms. The van der Waals surface area contributed by atoms with Crippen LogP contribution in [0.3, 0.4) is 0 Å². The highest BCUT2D eigenvalue weighted by atomic mass is 15.0. The molecule has 0 aliphatic heterocycles. The zero-order chi connectivity index (χ0) is 33.5. The number of hydrogen-bond acceptors (Lipinski definition) is 0. The molecule has 2 heterocycles. The van der Waals surface area contributed by atoms with Gasteiger partial charge in [-0.3, -0.25) is 0 Å². The summed E-state index contributed by atoms with van der Waals surface area (Å²) in [5, 5.41) is 5.06. The Kier molecular flexibility index (Phi) is 6.05. The topological polar surface area (TPSA) is 9.86 Å². The molecule has 1 aliphatic rings. The maximum atomic E-state index is 2.44. The van der Waals surface area contributed by atoms with Gasteiger partial charge in [-0.25, -0.2) is 0 Å². The van der Waals surface area contributed by atoms with Crippen LogP contribution in [0.4, 0.5) is 0 Å². The molecule has 0 radical (unpaired) electrons. The van der Waals surface area contributed by atoms with Crippen LogP contribution in [0.25, 0.3) is 88.4 Å². The fourth-order valence-electron chi connectivity index (χ4n) is 8.55. The number of nitrogens with zero attached hydrogens (tertiary/aromatic N) is 2. The van der Waals surface area contributed by atoms with Gasteiger partial charge in [-0.05, 0) is 112 Å². The molecule has 238 valence electrons. The smallest absolute Gasteiger partial charge is 0.0541 e. The fraction of sp³-hybridized carbons (Fsp3) is 0.0204. The summed E-state index contributed by atoms with van der Waals surface area (Å²) in [5.41, 5.74) is 17.7. The minimum Gasteiger partial charge on any atom is -0.309 e. The first-order valence-corrected chi connectivity index (χ1v) is 17.7. The number of aromatic nitrogens is 2. The molecule has 0 unspecified atom stereocenters. The van der Waals surface area contributed by atoms with Gasteiger partial charge in [0, 0.05) is 32.9 Å². The normalized spacial score (nSPS) is 12.2. The fourth-order valence-corrected chi connectivity index (χ4v) is 8.55. The van der Waals surface area contributed by atoms with Gasteiger partial charge in [0.1, 0.15) is 0 Å². The average molecular weight is 649 g/mol. The lowest BCUT2D eigenvalue weighted by molar-refractivity contribution is 1.17. The molecule has 0 spiro atoms. The molecule has 10 aromatic rings. The lowest BCUT2D eigenvalue weighted by atomic mass is 10.0. The molecule has 0 amide bonds. The molecule has 51 heavy (non-hydrogen) atoms.